The second-order valence-electron chi connectivity index (χ2n) is 5.93. The molecule has 2 aromatic rings. The SMILES string of the molecule is COc1ccccc1C(CNC(=O)CCC(=O)c1cccs1)N(C)C. The minimum Gasteiger partial charge on any atom is -0.496 e. The maximum absolute atomic E-state index is 12.1. The normalized spacial score (nSPS) is 12.0. The molecule has 0 saturated carbocycles. The van der Waals surface area contributed by atoms with Crippen LogP contribution in [0.3, 0.4) is 0 Å². The maximum atomic E-state index is 12.1. The number of rotatable bonds is 9. The third-order valence-corrected chi connectivity index (χ3v) is 4.90. The lowest BCUT2D eigenvalue weighted by Gasteiger charge is -2.26. The van der Waals surface area contributed by atoms with Gasteiger partial charge in [-0.15, -0.1) is 11.3 Å². The molecule has 0 aliphatic heterocycles. The number of nitrogens with one attached hydrogen (secondary N) is 1. The van der Waals surface area contributed by atoms with Crippen molar-refractivity contribution in [2.45, 2.75) is 18.9 Å². The number of methoxy groups -OCH3 is 1. The Balaban J connectivity index is 1.90. The first-order chi connectivity index (χ1) is 12.0. The lowest BCUT2D eigenvalue weighted by Crippen LogP contribution is -2.34. The summed E-state index contributed by atoms with van der Waals surface area (Å²) in [4.78, 5) is 26.8. The van der Waals surface area contributed by atoms with Gasteiger partial charge in [-0.25, -0.2) is 0 Å². The van der Waals surface area contributed by atoms with Gasteiger partial charge in [-0.1, -0.05) is 24.3 Å². The molecule has 0 saturated heterocycles. The molecule has 0 bridgehead atoms. The van der Waals surface area contributed by atoms with Gasteiger partial charge in [0.25, 0.3) is 0 Å². The molecule has 0 fully saturated rings. The highest BCUT2D eigenvalue weighted by Gasteiger charge is 2.19. The van der Waals surface area contributed by atoms with Crippen LogP contribution < -0.4 is 10.1 Å². The highest BCUT2D eigenvalue weighted by atomic mass is 32.1. The molecule has 134 valence electrons. The topological polar surface area (TPSA) is 58.6 Å². The smallest absolute Gasteiger partial charge is 0.220 e. The van der Waals surface area contributed by atoms with Crippen LogP contribution in [0.2, 0.25) is 0 Å². The van der Waals surface area contributed by atoms with Crippen LogP contribution in [-0.4, -0.2) is 44.3 Å². The average Bonchev–Trinajstić information content (AvgIpc) is 3.14. The van der Waals surface area contributed by atoms with E-state index in [0.29, 0.717) is 11.4 Å². The number of ether oxygens (including phenoxy) is 1. The van der Waals surface area contributed by atoms with Gasteiger partial charge in [-0.3, -0.25) is 9.59 Å². The van der Waals surface area contributed by atoms with E-state index >= 15 is 0 Å². The molecule has 2 rings (SSSR count). The summed E-state index contributed by atoms with van der Waals surface area (Å²) in [5.41, 5.74) is 1.02. The number of benzene rings is 1. The van der Waals surface area contributed by atoms with Crippen LogP contribution in [0.25, 0.3) is 0 Å². The predicted molar refractivity (Wildman–Crippen MR) is 100 cm³/mol. The minimum absolute atomic E-state index is 0.00639. The van der Waals surface area contributed by atoms with Crippen molar-refractivity contribution >= 4 is 23.0 Å². The van der Waals surface area contributed by atoms with Crippen LogP contribution in [0.15, 0.2) is 41.8 Å². The van der Waals surface area contributed by atoms with E-state index in [0.717, 1.165) is 11.3 Å². The molecule has 5 nitrogen and oxygen atoms in total. The quantitative estimate of drug-likeness (QED) is 0.698. The molecule has 1 unspecified atom stereocenters. The largest absolute Gasteiger partial charge is 0.496 e. The van der Waals surface area contributed by atoms with E-state index in [1.54, 1.807) is 13.2 Å². The summed E-state index contributed by atoms with van der Waals surface area (Å²) in [5.74, 6) is 0.689. The lowest BCUT2D eigenvalue weighted by molar-refractivity contribution is -0.121. The number of hydrogen-bond acceptors (Lipinski definition) is 5. The summed E-state index contributed by atoms with van der Waals surface area (Å²) in [7, 11) is 5.56. The van der Waals surface area contributed by atoms with Gasteiger partial charge in [0.05, 0.1) is 18.0 Å². The van der Waals surface area contributed by atoms with Crippen molar-refractivity contribution in [2.24, 2.45) is 0 Å². The van der Waals surface area contributed by atoms with Crippen LogP contribution in [0.1, 0.15) is 34.1 Å². The zero-order valence-electron chi connectivity index (χ0n) is 14.8. The molecule has 1 N–H and O–H groups in total. The van der Waals surface area contributed by atoms with Gasteiger partial charge >= 0.3 is 0 Å². The van der Waals surface area contributed by atoms with E-state index in [4.69, 9.17) is 4.74 Å². The fourth-order valence-corrected chi connectivity index (χ4v) is 3.29. The summed E-state index contributed by atoms with van der Waals surface area (Å²) in [6.07, 6.45) is 0.427. The number of ketones is 1. The van der Waals surface area contributed by atoms with Gasteiger partial charge in [0, 0.05) is 24.9 Å². The van der Waals surface area contributed by atoms with Gasteiger partial charge < -0.3 is 15.0 Å². The van der Waals surface area contributed by atoms with Crippen molar-refractivity contribution in [3.05, 3.63) is 52.2 Å². The third-order valence-electron chi connectivity index (χ3n) is 3.99. The molecule has 1 atom stereocenters. The standard InChI is InChI=1S/C19H24N2O3S/c1-21(2)15(14-7-4-5-8-17(14)24-3)13-20-19(23)11-10-16(22)18-9-6-12-25-18/h4-9,12,15H,10-11,13H2,1-3H3,(H,20,23). The molecule has 0 aliphatic carbocycles. The summed E-state index contributed by atoms with van der Waals surface area (Å²) in [6, 6.07) is 11.4. The second-order valence-corrected chi connectivity index (χ2v) is 6.87. The van der Waals surface area contributed by atoms with Crippen molar-refractivity contribution in [1.29, 1.82) is 0 Å². The van der Waals surface area contributed by atoms with E-state index < -0.39 is 0 Å². The van der Waals surface area contributed by atoms with E-state index in [9.17, 15) is 9.59 Å². The van der Waals surface area contributed by atoms with Crippen molar-refractivity contribution < 1.29 is 14.3 Å². The number of Topliss-reactive ketones (excluding diaryl/α,β-unsaturated/α-hetero) is 1. The average molecular weight is 360 g/mol. The van der Waals surface area contributed by atoms with Crippen molar-refractivity contribution in [2.75, 3.05) is 27.7 Å². The summed E-state index contributed by atoms with van der Waals surface area (Å²) < 4.78 is 5.42. The van der Waals surface area contributed by atoms with Gasteiger partial charge in [0.15, 0.2) is 5.78 Å². The minimum atomic E-state index is -0.119. The molecule has 25 heavy (non-hydrogen) atoms. The lowest BCUT2D eigenvalue weighted by atomic mass is 10.0. The highest BCUT2D eigenvalue weighted by Crippen LogP contribution is 2.27. The van der Waals surface area contributed by atoms with Gasteiger partial charge in [-0.05, 0) is 31.6 Å². The summed E-state index contributed by atoms with van der Waals surface area (Å²) in [5, 5.41) is 4.79. The van der Waals surface area contributed by atoms with Crippen LogP contribution in [0.5, 0.6) is 5.75 Å². The zero-order chi connectivity index (χ0) is 18.2. The Kier molecular flexibility index (Phi) is 7.16. The number of thiophene rings is 1. The Hall–Kier alpha value is -2.18. The summed E-state index contributed by atoms with van der Waals surface area (Å²) in [6.45, 7) is 0.458. The van der Waals surface area contributed by atoms with Gasteiger partial charge in [-0.2, -0.15) is 0 Å². The van der Waals surface area contributed by atoms with Crippen LogP contribution in [0.4, 0.5) is 0 Å². The van der Waals surface area contributed by atoms with E-state index in [1.165, 1.54) is 11.3 Å². The Labute approximate surface area is 152 Å². The number of likely N-dealkylation sites (N-methyl/N-ethyl adjacent to an activating group) is 1. The number of carbonyl (C=O) groups is 2. The predicted octanol–water partition coefficient (Wildman–Crippen LogP) is 3.14. The molecule has 1 aromatic carbocycles. The first-order valence-corrected chi connectivity index (χ1v) is 9.03. The molecule has 0 radical (unpaired) electrons. The number of nitrogens with zero attached hydrogens (tertiary/aromatic N) is 1. The first kappa shape index (κ1) is 19.1. The van der Waals surface area contributed by atoms with Gasteiger partial charge in [0.1, 0.15) is 5.75 Å². The molecular formula is C19H24N2O3S. The van der Waals surface area contributed by atoms with E-state index in [1.807, 2.05) is 54.7 Å². The molecule has 6 heteroatoms. The fourth-order valence-electron chi connectivity index (χ4n) is 2.60. The van der Waals surface area contributed by atoms with Crippen LogP contribution in [0, 0.1) is 0 Å². The fraction of sp³-hybridized carbons (Fsp3) is 0.368. The zero-order valence-corrected chi connectivity index (χ0v) is 15.6. The van der Waals surface area contributed by atoms with E-state index in [2.05, 4.69) is 5.32 Å². The Morgan fingerprint density at radius 2 is 1.92 bits per heavy atom. The van der Waals surface area contributed by atoms with Crippen LogP contribution >= 0.6 is 11.3 Å². The highest BCUT2D eigenvalue weighted by molar-refractivity contribution is 7.12. The molecule has 1 aromatic heterocycles. The second kappa shape index (κ2) is 9.34. The van der Waals surface area contributed by atoms with Crippen molar-refractivity contribution in [3.63, 3.8) is 0 Å². The first-order valence-electron chi connectivity index (χ1n) is 8.15. The van der Waals surface area contributed by atoms with E-state index in [-0.39, 0.29) is 30.6 Å². The monoisotopic (exact) mass is 360 g/mol. The Morgan fingerprint density at radius 1 is 1.16 bits per heavy atom. The Morgan fingerprint density at radius 3 is 2.56 bits per heavy atom. The summed E-state index contributed by atoms with van der Waals surface area (Å²) >= 11 is 1.40. The molecule has 1 heterocycles. The maximum Gasteiger partial charge on any atom is 0.220 e. The van der Waals surface area contributed by atoms with Crippen LogP contribution in [-0.2, 0) is 4.79 Å². The Bertz CT molecular complexity index is 698. The van der Waals surface area contributed by atoms with Crippen molar-refractivity contribution in [3.8, 4) is 5.75 Å². The third kappa shape index (κ3) is 5.41. The van der Waals surface area contributed by atoms with Crippen molar-refractivity contribution in [1.82, 2.24) is 10.2 Å². The van der Waals surface area contributed by atoms with Gasteiger partial charge in [0.2, 0.25) is 5.91 Å². The molecule has 0 aliphatic rings. The number of amides is 1. The number of hydrogen-bond donors (Lipinski definition) is 1. The molecular weight excluding hydrogens is 336 g/mol. The molecule has 0 spiro atoms. The number of para-hydroxylation sites is 1. The molecule has 1 amide bonds. The number of carbonyl (C=O) groups excluding carboxylic acids is 2.